The SMILES string of the molecule is CC(=O)C(C(C)=O)c1ccc2c(c1)OCO2. The van der Waals surface area contributed by atoms with Crippen molar-refractivity contribution in [1.29, 1.82) is 0 Å². The summed E-state index contributed by atoms with van der Waals surface area (Å²) in [5, 5.41) is 0. The van der Waals surface area contributed by atoms with E-state index in [2.05, 4.69) is 0 Å². The van der Waals surface area contributed by atoms with Gasteiger partial charge in [0.2, 0.25) is 6.79 Å². The van der Waals surface area contributed by atoms with Gasteiger partial charge in [0.1, 0.15) is 17.5 Å². The molecule has 0 fully saturated rings. The fraction of sp³-hybridized carbons (Fsp3) is 0.333. The number of hydrogen-bond acceptors (Lipinski definition) is 4. The van der Waals surface area contributed by atoms with Gasteiger partial charge in [0.05, 0.1) is 0 Å². The highest BCUT2D eigenvalue weighted by Crippen LogP contribution is 2.34. The lowest BCUT2D eigenvalue weighted by atomic mass is 9.92. The molecule has 16 heavy (non-hydrogen) atoms. The van der Waals surface area contributed by atoms with Gasteiger partial charge in [-0.3, -0.25) is 9.59 Å². The Morgan fingerprint density at radius 3 is 2.38 bits per heavy atom. The van der Waals surface area contributed by atoms with Gasteiger partial charge in [-0.1, -0.05) is 6.07 Å². The lowest BCUT2D eigenvalue weighted by molar-refractivity contribution is -0.126. The molecule has 1 aromatic rings. The molecule has 1 aliphatic rings. The fourth-order valence-corrected chi connectivity index (χ4v) is 1.85. The van der Waals surface area contributed by atoms with Gasteiger partial charge < -0.3 is 9.47 Å². The van der Waals surface area contributed by atoms with Crippen LogP contribution in [0.25, 0.3) is 0 Å². The van der Waals surface area contributed by atoms with Crippen LogP contribution in [0.15, 0.2) is 18.2 Å². The zero-order valence-corrected chi connectivity index (χ0v) is 9.15. The Labute approximate surface area is 93.2 Å². The summed E-state index contributed by atoms with van der Waals surface area (Å²) in [4.78, 5) is 22.8. The van der Waals surface area contributed by atoms with Crippen LogP contribution in [0.1, 0.15) is 25.3 Å². The van der Waals surface area contributed by atoms with E-state index in [1.165, 1.54) is 13.8 Å². The van der Waals surface area contributed by atoms with E-state index in [9.17, 15) is 9.59 Å². The molecule has 2 rings (SSSR count). The standard InChI is InChI=1S/C12H12O4/c1-7(13)12(8(2)14)9-3-4-10-11(5-9)16-6-15-10/h3-5,12H,6H2,1-2H3. The second-order valence-electron chi connectivity index (χ2n) is 3.77. The summed E-state index contributed by atoms with van der Waals surface area (Å²) in [6.07, 6.45) is 0. The Bertz CT molecular complexity index is 436. The van der Waals surface area contributed by atoms with Gasteiger partial charge in [0, 0.05) is 0 Å². The van der Waals surface area contributed by atoms with Gasteiger partial charge in [-0.15, -0.1) is 0 Å². The van der Waals surface area contributed by atoms with E-state index in [-0.39, 0.29) is 18.4 Å². The molecule has 0 bridgehead atoms. The first-order valence-electron chi connectivity index (χ1n) is 5.00. The number of fused-ring (bicyclic) bond motifs is 1. The van der Waals surface area contributed by atoms with Crippen molar-refractivity contribution < 1.29 is 19.1 Å². The molecule has 0 N–H and O–H groups in total. The van der Waals surface area contributed by atoms with Crippen molar-refractivity contribution in [2.45, 2.75) is 19.8 Å². The molecule has 0 unspecified atom stereocenters. The quantitative estimate of drug-likeness (QED) is 0.727. The second kappa shape index (κ2) is 3.96. The number of carbonyl (C=O) groups excluding carboxylic acids is 2. The third-order valence-electron chi connectivity index (χ3n) is 2.54. The highest BCUT2D eigenvalue weighted by Gasteiger charge is 2.24. The van der Waals surface area contributed by atoms with Crippen LogP contribution >= 0.6 is 0 Å². The molecule has 4 nitrogen and oxygen atoms in total. The average Bonchev–Trinajstić information content (AvgIpc) is 2.63. The largest absolute Gasteiger partial charge is 0.454 e. The van der Waals surface area contributed by atoms with Crippen molar-refractivity contribution in [3.05, 3.63) is 23.8 Å². The summed E-state index contributed by atoms with van der Waals surface area (Å²) < 4.78 is 10.4. The van der Waals surface area contributed by atoms with Crippen LogP contribution in [-0.4, -0.2) is 18.4 Å². The van der Waals surface area contributed by atoms with E-state index in [1.807, 2.05) is 0 Å². The lowest BCUT2D eigenvalue weighted by Gasteiger charge is -2.10. The second-order valence-corrected chi connectivity index (χ2v) is 3.77. The highest BCUT2D eigenvalue weighted by atomic mass is 16.7. The van der Waals surface area contributed by atoms with Crippen molar-refractivity contribution >= 4 is 11.6 Å². The van der Waals surface area contributed by atoms with E-state index >= 15 is 0 Å². The van der Waals surface area contributed by atoms with Crippen LogP contribution < -0.4 is 9.47 Å². The smallest absolute Gasteiger partial charge is 0.231 e. The van der Waals surface area contributed by atoms with Gasteiger partial charge in [-0.25, -0.2) is 0 Å². The van der Waals surface area contributed by atoms with Crippen LogP contribution in [-0.2, 0) is 9.59 Å². The first kappa shape index (κ1) is 10.7. The molecular formula is C12H12O4. The molecule has 0 spiro atoms. The number of carbonyl (C=O) groups is 2. The summed E-state index contributed by atoms with van der Waals surface area (Å²) in [6, 6.07) is 5.13. The first-order chi connectivity index (χ1) is 7.59. The maximum Gasteiger partial charge on any atom is 0.231 e. The van der Waals surface area contributed by atoms with Gasteiger partial charge in [0.25, 0.3) is 0 Å². The number of benzene rings is 1. The Morgan fingerprint density at radius 2 is 1.75 bits per heavy atom. The third-order valence-corrected chi connectivity index (χ3v) is 2.54. The summed E-state index contributed by atoms with van der Waals surface area (Å²) in [6.45, 7) is 3.01. The molecule has 4 heteroatoms. The molecule has 0 atom stereocenters. The molecule has 1 aliphatic heterocycles. The average molecular weight is 220 g/mol. The summed E-state index contributed by atoms with van der Waals surface area (Å²) in [7, 11) is 0. The zero-order chi connectivity index (χ0) is 11.7. The van der Waals surface area contributed by atoms with E-state index in [0.717, 1.165) is 0 Å². The van der Waals surface area contributed by atoms with E-state index in [1.54, 1.807) is 18.2 Å². The van der Waals surface area contributed by atoms with Crippen LogP contribution in [0.4, 0.5) is 0 Å². The van der Waals surface area contributed by atoms with Crippen molar-refractivity contribution in [3.8, 4) is 11.5 Å². The van der Waals surface area contributed by atoms with Crippen molar-refractivity contribution in [2.75, 3.05) is 6.79 Å². The maximum absolute atomic E-state index is 11.4. The van der Waals surface area contributed by atoms with Crippen molar-refractivity contribution in [3.63, 3.8) is 0 Å². The monoisotopic (exact) mass is 220 g/mol. The van der Waals surface area contributed by atoms with Gasteiger partial charge >= 0.3 is 0 Å². The number of ether oxygens (including phenoxy) is 2. The molecule has 0 amide bonds. The van der Waals surface area contributed by atoms with Crippen LogP contribution in [0.3, 0.4) is 0 Å². The molecule has 0 saturated carbocycles. The number of Topliss-reactive ketones (excluding diaryl/α,β-unsaturated/α-hetero) is 2. The predicted octanol–water partition coefficient (Wildman–Crippen LogP) is 1.68. The molecular weight excluding hydrogens is 208 g/mol. The molecule has 1 aromatic carbocycles. The van der Waals surface area contributed by atoms with Crippen LogP contribution in [0, 0.1) is 0 Å². The van der Waals surface area contributed by atoms with E-state index < -0.39 is 5.92 Å². The number of rotatable bonds is 3. The molecule has 0 aromatic heterocycles. The summed E-state index contributed by atoms with van der Waals surface area (Å²) >= 11 is 0. The summed E-state index contributed by atoms with van der Waals surface area (Å²) in [5.74, 6) is 0.215. The third kappa shape index (κ3) is 1.78. The minimum atomic E-state index is -0.700. The Balaban J connectivity index is 2.39. The molecule has 0 radical (unpaired) electrons. The van der Waals surface area contributed by atoms with Crippen LogP contribution in [0.2, 0.25) is 0 Å². The summed E-state index contributed by atoms with van der Waals surface area (Å²) in [5.41, 5.74) is 0.657. The minimum absolute atomic E-state index is 0.161. The van der Waals surface area contributed by atoms with E-state index in [0.29, 0.717) is 17.1 Å². The van der Waals surface area contributed by atoms with Gasteiger partial charge in [0.15, 0.2) is 11.5 Å². The Kier molecular flexibility index (Phi) is 2.64. The highest BCUT2D eigenvalue weighted by molar-refractivity contribution is 6.05. The van der Waals surface area contributed by atoms with Gasteiger partial charge in [-0.2, -0.15) is 0 Å². The first-order valence-corrected chi connectivity index (χ1v) is 5.00. The predicted molar refractivity (Wildman–Crippen MR) is 56.7 cm³/mol. The minimum Gasteiger partial charge on any atom is -0.454 e. The van der Waals surface area contributed by atoms with Crippen molar-refractivity contribution in [2.24, 2.45) is 0 Å². The molecule has 1 heterocycles. The fourth-order valence-electron chi connectivity index (χ4n) is 1.85. The van der Waals surface area contributed by atoms with E-state index in [4.69, 9.17) is 9.47 Å². The zero-order valence-electron chi connectivity index (χ0n) is 9.15. The normalized spacial score (nSPS) is 12.9. The number of ketones is 2. The molecule has 84 valence electrons. The Morgan fingerprint density at radius 1 is 1.12 bits per heavy atom. The maximum atomic E-state index is 11.4. The lowest BCUT2D eigenvalue weighted by Crippen LogP contribution is -2.16. The number of hydrogen-bond donors (Lipinski definition) is 0. The topological polar surface area (TPSA) is 52.6 Å². The van der Waals surface area contributed by atoms with Crippen molar-refractivity contribution in [1.82, 2.24) is 0 Å². The Hall–Kier alpha value is -1.84. The van der Waals surface area contributed by atoms with Gasteiger partial charge in [-0.05, 0) is 31.5 Å². The molecule has 0 saturated heterocycles. The molecule has 0 aliphatic carbocycles. The van der Waals surface area contributed by atoms with Crippen LogP contribution in [0.5, 0.6) is 11.5 Å².